The molecule has 1 fully saturated rings. The predicted octanol–water partition coefficient (Wildman–Crippen LogP) is 4.20. The zero-order valence-corrected chi connectivity index (χ0v) is 18.1. The number of hydrogen-bond donors (Lipinski definition) is 0. The molecule has 0 spiro atoms. The van der Waals surface area contributed by atoms with E-state index >= 15 is 0 Å². The van der Waals surface area contributed by atoms with Gasteiger partial charge >= 0.3 is 0 Å². The van der Waals surface area contributed by atoms with E-state index in [0.717, 1.165) is 29.7 Å². The number of aryl methyl sites for hydroxylation is 2. The van der Waals surface area contributed by atoms with Gasteiger partial charge in [0.2, 0.25) is 0 Å². The maximum atomic E-state index is 13.1. The molecule has 1 amide bonds. The lowest BCUT2D eigenvalue weighted by molar-refractivity contribution is 0.0592. The molecule has 2 heterocycles. The van der Waals surface area contributed by atoms with Crippen LogP contribution in [0.5, 0.6) is 5.75 Å². The van der Waals surface area contributed by atoms with E-state index < -0.39 is 0 Å². The lowest BCUT2D eigenvalue weighted by Gasteiger charge is -2.32. The van der Waals surface area contributed by atoms with Crippen LogP contribution in [0.1, 0.15) is 39.9 Å². The number of hydrogen-bond acceptors (Lipinski definition) is 3. The van der Waals surface area contributed by atoms with E-state index in [9.17, 15) is 9.59 Å². The van der Waals surface area contributed by atoms with E-state index in [1.54, 1.807) is 27.8 Å². The molecular weight excluding hydrogens is 388 g/mol. The van der Waals surface area contributed by atoms with E-state index in [1.807, 2.05) is 37.3 Å². The minimum atomic E-state index is -0.245. The zero-order valence-electron chi connectivity index (χ0n) is 18.1. The van der Waals surface area contributed by atoms with Crippen molar-refractivity contribution < 1.29 is 9.53 Å². The molecule has 0 saturated carbocycles. The third-order valence-corrected chi connectivity index (χ3v) is 5.81. The van der Waals surface area contributed by atoms with Crippen molar-refractivity contribution in [2.75, 3.05) is 13.1 Å². The number of amides is 1. The second-order valence-corrected chi connectivity index (χ2v) is 8.22. The van der Waals surface area contributed by atoms with Crippen LogP contribution in [0, 0.1) is 13.8 Å². The number of benzene rings is 2. The van der Waals surface area contributed by atoms with Gasteiger partial charge in [0.1, 0.15) is 17.4 Å². The Labute approximate surface area is 182 Å². The molecule has 5 nitrogen and oxygen atoms in total. The van der Waals surface area contributed by atoms with Crippen LogP contribution in [-0.2, 0) is 6.54 Å². The lowest BCUT2D eigenvalue weighted by atomic mass is 10.1. The highest BCUT2D eigenvalue weighted by atomic mass is 16.5. The first-order valence-electron chi connectivity index (χ1n) is 10.8. The smallest absolute Gasteiger partial charge is 0.263 e. The Balaban J connectivity index is 1.41. The van der Waals surface area contributed by atoms with Crippen molar-refractivity contribution in [2.45, 2.75) is 39.3 Å². The van der Waals surface area contributed by atoms with E-state index in [-0.39, 0.29) is 23.1 Å². The van der Waals surface area contributed by atoms with Crippen LogP contribution in [0.3, 0.4) is 0 Å². The summed E-state index contributed by atoms with van der Waals surface area (Å²) in [6, 6.07) is 19.4. The Morgan fingerprint density at radius 2 is 1.74 bits per heavy atom. The second-order valence-electron chi connectivity index (χ2n) is 8.22. The van der Waals surface area contributed by atoms with E-state index in [0.29, 0.717) is 19.6 Å². The maximum absolute atomic E-state index is 13.1. The van der Waals surface area contributed by atoms with Crippen molar-refractivity contribution in [1.82, 2.24) is 9.47 Å². The van der Waals surface area contributed by atoms with Crippen molar-refractivity contribution in [3.05, 3.63) is 99.5 Å². The van der Waals surface area contributed by atoms with Gasteiger partial charge in [-0.05, 0) is 48.7 Å². The van der Waals surface area contributed by atoms with Crippen LogP contribution in [0.2, 0.25) is 0 Å². The number of rotatable bonds is 5. The van der Waals surface area contributed by atoms with E-state index in [4.69, 9.17) is 4.74 Å². The Hall–Kier alpha value is -3.34. The third kappa shape index (κ3) is 4.88. The standard InChI is InChI=1S/C26H28N2O3/c1-19-10-11-20(2)24(17-19)31-22-12-15-27(16-13-22)25(29)23-9-6-14-28(26(23)30)18-21-7-4-3-5-8-21/h3-11,14,17,22H,12-13,15-16,18H2,1-2H3. The van der Waals surface area contributed by atoms with E-state index in [1.165, 1.54) is 5.56 Å². The Morgan fingerprint density at radius 1 is 1.00 bits per heavy atom. The number of pyridine rings is 1. The van der Waals surface area contributed by atoms with Crippen LogP contribution in [0.15, 0.2) is 71.7 Å². The highest BCUT2D eigenvalue weighted by Crippen LogP contribution is 2.24. The molecule has 1 aromatic heterocycles. The van der Waals surface area contributed by atoms with Gasteiger partial charge in [0.05, 0.1) is 6.54 Å². The number of piperidine rings is 1. The molecule has 31 heavy (non-hydrogen) atoms. The summed E-state index contributed by atoms with van der Waals surface area (Å²) in [5.41, 5.74) is 3.30. The molecule has 0 aliphatic carbocycles. The SMILES string of the molecule is Cc1ccc(C)c(OC2CCN(C(=O)c3cccn(Cc4ccccc4)c3=O)CC2)c1. The average molecular weight is 417 g/mol. The van der Waals surface area contributed by atoms with Gasteiger partial charge in [-0.3, -0.25) is 9.59 Å². The quantitative estimate of drug-likeness (QED) is 0.626. The first-order valence-corrected chi connectivity index (χ1v) is 10.8. The highest BCUT2D eigenvalue weighted by molar-refractivity contribution is 5.93. The average Bonchev–Trinajstić information content (AvgIpc) is 2.78. The monoisotopic (exact) mass is 416 g/mol. The van der Waals surface area contributed by atoms with E-state index in [2.05, 4.69) is 25.1 Å². The summed E-state index contributed by atoms with van der Waals surface area (Å²) in [5.74, 6) is 0.717. The molecule has 5 heteroatoms. The van der Waals surface area contributed by atoms with Crippen LogP contribution in [0.4, 0.5) is 0 Å². The number of aromatic nitrogens is 1. The first kappa shape index (κ1) is 20.9. The third-order valence-electron chi connectivity index (χ3n) is 5.81. The molecule has 0 radical (unpaired) electrons. The Bertz CT molecular complexity index is 1110. The highest BCUT2D eigenvalue weighted by Gasteiger charge is 2.26. The molecule has 0 unspecified atom stereocenters. The Morgan fingerprint density at radius 3 is 2.48 bits per heavy atom. The van der Waals surface area contributed by atoms with Gasteiger partial charge in [-0.15, -0.1) is 0 Å². The zero-order chi connectivity index (χ0) is 21.8. The van der Waals surface area contributed by atoms with Crippen molar-refractivity contribution in [1.29, 1.82) is 0 Å². The molecule has 4 rings (SSSR count). The van der Waals surface area contributed by atoms with Gasteiger partial charge in [0.15, 0.2) is 0 Å². The molecular formula is C26H28N2O3. The van der Waals surface area contributed by atoms with Gasteiger partial charge in [0, 0.05) is 32.1 Å². The molecule has 0 atom stereocenters. The molecule has 0 N–H and O–H groups in total. The number of nitrogens with zero attached hydrogens (tertiary/aromatic N) is 2. The summed E-state index contributed by atoms with van der Waals surface area (Å²) in [5, 5.41) is 0. The van der Waals surface area contributed by atoms with Gasteiger partial charge in [-0.25, -0.2) is 0 Å². The van der Waals surface area contributed by atoms with Gasteiger partial charge < -0.3 is 14.2 Å². The summed E-state index contributed by atoms with van der Waals surface area (Å²) in [7, 11) is 0. The summed E-state index contributed by atoms with van der Waals surface area (Å²) in [6.45, 7) is 5.72. The fourth-order valence-corrected chi connectivity index (χ4v) is 3.97. The lowest BCUT2D eigenvalue weighted by Crippen LogP contribution is -2.44. The molecule has 1 saturated heterocycles. The number of likely N-dealkylation sites (tertiary alicyclic amines) is 1. The fraction of sp³-hybridized carbons (Fsp3) is 0.308. The normalized spacial score (nSPS) is 14.5. The van der Waals surface area contributed by atoms with Crippen molar-refractivity contribution in [2.24, 2.45) is 0 Å². The first-order chi connectivity index (χ1) is 15.0. The fourth-order valence-electron chi connectivity index (χ4n) is 3.97. The molecule has 2 aromatic carbocycles. The van der Waals surface area contributed by atoms with Crippen molar-refractivity contribution in [3.63, 3.8) is 0 Å². The molecule has 3 aromatic rings. The topological polar surface area (TPSA) is 51.5 Å². The summed E-state index contributed by atoms with van der Waals surface area (Å²) >= 11 is 0. The van der Waals surface area contributed by atoms with Gasteiger partial charge in [0.25, 0.3) is 11.5 Å². The van der Waals surface area contributed by atoms with Crippen molar-refractivity contribution >= 4 is 5.91 Å². The predicted molar refractivity (Wildman–Crippen MR) is 122 cm³/mol. The van der Waals surface area contributed by atoms with Crippen LogP contribution < -0.4 is 10.3 Å². The number of ether oxygens (including phenoxy) is 1. The Kier molecular flexibility index (Phi) is 6.21. The van der Waals surface area contributed by atoms with Crippen LogP contribution in [-0.4, -0.2) is 34.6 Å². The van der Waals surface area contributed by atoms with Gasteiger partial charge in [-0.2, -0.15) is 0 Å². The number of carbonyl (C=O) groups is 1. The largest absolute Gasteiger partial charge is 0.490 e. The van der Waals surface area contributed by atoms with Crippen LogP contribution >= 0.6 is 0 Å². The summed E-state index contributed by atoms with van der Waals surface area (Å²) in [6.07, 6.45) is 3.32. The maximum Gasteiger partial charge on any atom is 0.263 e. The van der Waals surface area contributed by atoms with Gasteiger partial charge in [-0.1, -0.05) is 42.5 Å². The molecule has 1 aliphatic rings. The summed E-state index contributed by atoms with van der Waals surface area (Å²) < 4.78 is 7.80. The molecule has 160 valence electrons. The molecule has 1 aliphatic heterocycles. The van der Waals surface area contributed by atoms with Crippen molar-refractivity contribution in [3.8, 4) is 5.75 Å². The molecule has 0 bridgehead atoms. The van der Waals surface area contributed by atoms with Crippen LogP contribution in [0.25, 0.3) is 0 Å². The second kappa shape index (κ2) is 9.21. The summed E-state index contributed by atoms with van der Waals surface area (Å²) in [4.78, 5) is 27.8. The minimum Gasteiger partial charge on any atom is -0.490 e. The minimum absolute atomic E-state index is 0.0788. The number of carbonyl (C=O) groups excluding carboxylic acids is 1.